The number of hydrogen-bond acceptors (Lipinski definition) is 5. The average molecular weight is 241 g/mol. The number of hydrogen-bond donors (Lipinski definition) is 2. The fourth-order valence-corrected chi connectivity index (χ4v) is 1.53. The number of methoxy groups -OCH3 is 1. The zero-order valence-electron chi connectivity index (χ0n) is 10.4. The molecule has 0 saturated carbocycles. The number of furan rings is 1. The van der Waals surface area contributed by atoms with Crippen LogP contribution in [0.4, 0.5) is 0 Å². The third kappa shape index (κ3) is 3.57. The van der Waals surface area contributed by atoms with E-state index in [4.69, 9.17) is 9.52 Å². The van der Waals surface area contributed by atoms with Crippen LogP contribution in [0.5, 0.6) is 0 Å². The van der Waals surface area contributed by atoms with Crippen molar-refractivity contribution in [2.24, 2.45) is 0 Å². The Kier molecular flexibility index (Phi) is 5.18. The van der Waals surface area contributed by atoms with E-state index in [1.165, 1.54) is 7.11 Å². The number of carbonyl (C=O) groups is 1. The summed E-state index contributed by atoms with van der Waals surface area (Å²) in [4.78, 5) is 11.4. The fourth-order valence-electron chi connectivity index (χ4n) is 1.53. The third-order valence-electron chi connectivity index (χ3n) is 2.65. The number of ether oxygens (including phenoxy) is 1. The first-order valence-electron chi connectivity index (χ1n) is 5.64. The van der Waals surface area contributed by atoms with Crippen molar-refractivity contribution < 1.29 is 19.1 Å². The largest absolute Gasteiger partial charge is 0.465 e. The number of aliphatic hydroxyl groups is 1. The van der Waals surface area contributed by atoms with E-state index in [2.05, 4.69) is 10.1 Å². The number of esters is 1. The summed E-state index contributed by atoms with van der Waals surface area (Å²) in [6, 6.07) is 1.71. The highest BCUT2D eigenvalue weighted by Gasteiger charge is 2.15. The van der Waals surface area contributed by atoms with Crippen molar-refractivity contribution in [3.63, 3.8) is 0 Å². The molecule has 5 nitrogen and oxygen atoms in total. The van der Waals surface area contributed by atoms with E-state index in [1.807, 2.05) is 6.92 Å². The van der Waals surface area contributed by atoms with E-state index >= 15 is 0 Å². The zero-order chi connectivity index (χ0) is 12.8. The quantitative estimate of drug-likeness (QED) is 0.733. The van der Waals surface area contributed by atoms with Gasteiger partial charge in [-0.25, -0.2) is 4.79 Å². The molecule has 1 atom stereocenters. The molecule has 96 valence electrons. The Bertz CT molecular complexity index is 369. The molecule has 1 aromatic heterocycles. The minimum Gasteiger partial charge on any atom is -0.465 e. The summed E-state index contributed by atoms with van der Waals surface area (Å²) in [5, 5.41) is 12.2. The topological polar surface area (TPSA) is 71.7 Å². The van der Waals surface area contributed by atoms with Gasteiger partial charge in [-0.15, -0.1) is 0 Å². The predicted molar refractivity (Wildman–Crippen MR) is 62.8 cm³/mol. The molecular formula is C12H19NO4. The van der Waals surface area contributed by atoms with Gasteiger partial charge in [0.25, 0.3) is 0 Å². The number of carbonyl (C=O) groups excluding carboxylic acids is 1. The predicted octanol–water partition coefficient (Wildman–Crippen LogP) is 1.24. The lowest BCUT2D eigenvalue weighted by Crippen LogP contribution is -2.30. The number of rotatable bonds is 6. The molecule has 17 heavy (non-hydrogen) atoms. The molecule has 0 aromatic carbocycles. The third-order valence-corrected chi connectivity index (χ3v) is 2.65. The highest BCUT2D eigenvalue weighted by atomic mass is 16.5. The smallest absolute Gasteiger partial charge is 0.341 e. The van der Waals surface area contributed by atoms with Crippen LogP contribution in [0.25, 0.3) is 0 Å². The van der Waals surface area contributed by atoms with Gasteiger partial charge in [-0.05, 0) is 19.4 Å². The van der Waals surface area contributed by atoms with Gasteiger partial charge in [-0.3, -0.25) is 0 Å². The van der Waals surface area contributed by atoms with Gasteiger partial charge >= 0.3 is 5.97 Å². The van der Waals surface area contributed by atoms with Crippen molar-refractivity contribution >= 4 is 5.97 Å². The molecule has 0 radical (unpaired) electrons. The summed E-state index contributed by atoms with van der Waals surface area (Å²) < 4.78 is 10.1. The molecule has 2 N–H and O–H groups in total. The molecule has 0 spiro atoms. The molecule has 0 bridgehead atoms. The van der Waals surface area contributed by atoms with Crippen molar-refractivity contribution in [1.82, 2.24) is 5.32 Å². The minimum atomic E-state index is -0.397. The van der Waals surface area contributed by atoms with Crippen LogP contribution in [-0.4, -0.2) is 30.8 Å². The summed E-state index contributed by atoms with van der Waals surface area (Å²) in [5.74, 6) is 0.812. The standard InChI is InChI=1S/C12H19NO4/c1-4-9(7-14)13-6-10-5-11(8(2)17-10)12(15)16-3/h5,9,13-14H,4,6-7H2,1-3H3/t9-/m0/s1. The van der Waals surface area contributed by atoms with E-state index in [1.54, 1.807) is 13.0 Å². The van der Waals surface area contributed by atoms with Crippen molar-refractivity contribution in [2.75, 3.05) is 13.7 Å². The van der Waals surface area contributed by atoms with Crippen molar-refractivity contribution in [3.05, 3.63) is 23.2 Å². The molecule has 0 aliphatic heterocycles. The molecular weight excluding hydrogens is 222 g/mol. The average Bonchev–Trinajstić information content (AvgIpc) is 2.71. The van der Waals surface area contributed by atoms with Gasteiger partial charge in [0.05, 0.1) is 20.3 Å². The maximum atomic E-state index is 11.4. The van der Waals surface area contributed by atoms with Gasteiger partial charge in [0.2, 0.25) is 0 Å². The fraction of sp³-hybridized carbons (Fsp3) is 0.583. The van der Waals surface area contributed by atoms with Crippen LogP contribution in [0.15, 0.2) is 10.5 Å². The summed E-state index contributed by atoms with van der Waals surface area (Å²) >= 11 is 0. The molecule has 0 aliphatic carbocycles. The van der Waals surface area contributed by atoms with Crippen LogP contribution in [-0.2, 0) is 11.3 Å². The molecule has 1 heterocycles. The summed E-state index contributed by atoms with van der Waals surface area (Å²) in [6.07, 6.45) is 0.833. The second kappa shape index (κ2) is 6.42. The van der Waals surface area contributed by atoms with Crippen LogP contribution in [0.1, 0.15) is 35.2 Å². The van der Waals surface area contributed by atoms with E-state index in [9.17, 15) is 4.79 Å². The van der Waals surface area contributed by atoms with Crippen molar-refractivity contribution in [2.45, 2.75) is 32.9 Å². The highest BCUT2D eigenvalue weighted by molar-refractivity contribution is 5.90. The van der Waals surface area contributed by atoms with Crippen LogP contribution in [0, 0.1) is 6.92 Å². The molecule has 0 fully saturated rings. The van der Waals surface area contributed by atoms with Gasteiger partial charge in [0.1, 0.15) is 17.1 Å². The first kappa shape index (κ1) is 13.7. The lowest BCUT2D eigenvalue weighted by Gasteiger charge is -2.12. The SMILES string of the molecule is CC[C@@H](CO)NCc1cc(C(=O)OC)c(C)o1. The highest BCUT2D eigenvalue weighted by Crippen LogP contribution is 2.15. The van der Waals surface area contributed by atoms with Crippen molar-refractivity contribution in [1.29, 1.82) is 0 Å². The molecule has 0 saturated heterocycles. The van der Waals surface area contributed by atoms with Crippen LogP contribution in [0.3, 0.4) is 0 Å². The van der Waals surface area contributed by atoms with Crippen LogP contribution >= 0.6 is 0 Å². The molecule has 1 aromatic rings. The van der Waals surface area contributed by atoms with Gasteiger partial charge in [-0.2, -0.15) is 0 Å². The Labute approximate surface area is 101 Å². The summed E-state index contributed by atoms with van der Waals surface area (Å²) in [6.45, 7) is 4.28. The van der Waals surface area contributed by atoms with Crippen LogP contribution in [0.2, 0.25) is 0 Å². The lowest BCUT2D eigenvalue weighted by atomic mass is 10.2. The number of aryl methyl sites for hydroxylation is 1. The van der Waals surface area contributed by atoms with Gasteiger partial charge in [-0.1, -0.05) is 6.92 Å². The van der Waals surface area contributed by atoms with Gasteiger partial charge in [0.15, 0.2) is 0 Å². The van der Waals surface area contributed by atoms with E-state index < -0.39 is 5.97 Å². The van der Waals surface area contributed by atoms with Crippen molar-refractivity contribution in [3.8, 4) is 0 Å². The summed E-state index contributed by atoms with van der Waals surface area (Å²) in [5.41, 5.74) is 0.446. The molecule has 0 unspecified atom stereocenters. The van der Waals surface area contributed by atoms with E-state index in [0.29, 0.717) is 23.6 Å². The zero-order valence-corrected chi connectivity index (χ0v) is 10.4. The Balaban J connectivity index is 2.64. The Morgan fingerprint density at radius 3 is 2.88 bits per heavy atom. The molecule has 0 aliphatic rings. The van der Waals surface area contributed by atoms with E-state index in [0.717, 1.165) is 6.42 Å². The van der Waals surface area contributed by atoms with Gasteiger partial charge in [0, 0.05) is 6.04 Å². The first-order chi connectivity index (χ1) is 8.12. The minimum absolute atomic E-state index is 0.0435. The Morgan fingerprint density at radius 1 is 1.65 bits per heavy atom. The van der Waals surface area contributed by atoms with E-state index in [-0.39, 0.29) is 12.6 Å². The first-order valence-corrected chi connectivity index (χ1v) is 5.64. The van der Waals surface area contributed by atoms with Gasteiger partial charge < -0.3 is 19.6 Å². The Hall–Kier alpha value is -1.33. The maximum Gasteiger partial charge on any atom is 0.341 e. The monoisotopic (exact) mass is 241 g/mol. The number of nitrogens with one attached hydrogen (secondary N) is 1. The lowest BCUT2D eigenvalue weighted by molar-refractivity contribution is 0.0599. The maximum absolute atomic E-state index is 11.4. The molecule has 1 rings (SSSR count). The molecule has 0 amide bonds. The summed E-state index contributed by atoms with van der Waals surface area (Å²) in [7, 11) is 1.34. The molecule has 5 heteroatoms. The van der Waals surface area contributed by atoms with Crippen LogP contribution < -0.4 is 5.32 Å². The normalized spacial score (nSPS) is 12.5. The second-order valence-corrected chi connectivity index (χ2v) is 3.84. The number of aliphatic hydroxyl groups excluding tert-OH is 1. The Morgan fingerprint density at radius 2 is 2.35 bits per heavy atom. The second-order valence-electron chi connectivity index (χ2n) is 3.84.